The summed E-state index contributed by atoms with van der Waals surface area (Å²) >= 11 is 0. The van der Waals surface area contributed by atoms with E-state index in [4.69, 9.17) is 4.84 Å². The van der Waals surface area contributed by atoms with Crippen molar-refractivity contribution < 1.29 is 4.84 Å². The Kier molecular flexibility index (Phi) is 2.00. The zero-order valence-corrected chi connectivity index (χ0v) is 7.29. The number of allylic oxidation sites excluding steroid dienone is 5. The SMILES string of the molecule is C/C1=C/C/C=C\CC=C1N1CO1. The normalized spacial score (nSPS) is 29.6. The minimum Gasteiger partial charge on any atom is -0.247 e. The summed E-state index contributed by atoms with van der Waals surface area (Å²) in [5.41, 5.74) is 2.55. The van der Waals surface area contributed by atoms with E-state index < -0.39 is 0 Å². The molecule has 0 aromatic heterocycles. The Labute approximate surface area is 72.8 Å². The number of nitrogens with zero attached hydrogens (tertiary/aromatic N) is 1. The molecule has 0 spiro atoms. The Hall–Kier alpha value is -1.02. The van der Waals surface area contributed by atoms with Gasteiger partial charge >= 0.3 is 0 Å². The quantitative estimate of drug-likeness (QED) is 0.435. The number of hydrogen-bond acceptors (Lipinski definition) is 2. The molecule has 0 atom stereocenters. The first kappa shape index (κ1) is 7.62. The van der Waals surface area contributed by atoms with Crippen LogP contribution in [0.25, 0.3) is 0 Å². The second-order valence-electron chi connectivity index (χ2n) is 3.06. The lowest BCUT2D eigenvalue weighted by molar-refractivity contribution is 0.247. The maximum atomic E-state index is 5.11. The first-order chi connectivity index (χ1) is 5.88. The van der Waals surface area contributed by atoms with Crippen LogP contribution in [0, 0.1) is 0 Å². The molecule has 1 fully saturated rings. The van der Waals surface area contributed by atoms with Gasteiger partial charge in [0.1, 0.15) is 0 Å². The molecule has 0 saturated carbocycles. The van der Waals surface area contributed by atoms with Crippen molar-refractivity contribution in [2.75, 3.05) is 6.73 Å². The molecule has 12 heavy (non-hydrogen) atoms. The van der Waals surface area contributed by atoms with Crippen LogP contribution < -0.4 is 0 Å². The van der Waals surface area contributed by atoms with E-state index in [1.807, 2.05) is 5.06 Å². The van der Waals surface area contributed by atoms with Gasteiger partial charge in [-0.3, -0.25) is 0 Å². The lowest BCUT2D eigenvalue weighted by atomic mass is 10.1. The molecule has 0 aromatic rings. The van der Waals surface area contributed by atoms with Crippen molar-refractivity contribution in [2.24, 2.45) is 0 Å². The fraction of sp³-hybridized carbons (Fsp3) is 0.400. The largest absolute Gasteiger partial charge is 0.247 e. The molecule has 0 unspecified atom stereocenters. The maximum Gasteiger partial charge on any atom is 0.171 e. The predicted molar refractivity (Wildman–Crippen MR) is 48.0 cm³/mol. The minimum absolute atomic E-state index is 0.751. The van der Waals surface area contributed by atoms with Crippen LogP contribution in [0.1, 0.15) is 19.8 Å². The first-order valence-electron chi connectivity index (χ1n) is 4.30. The molecule has 2 heteroatoms. The van der Waals surface area contributed by atoms with Crippen LogP contribution in [0.2, 0.25) is 0 Å². The van der Waals surface area contributed by atoms with E-state index in [0.717, 1.165) is 19.6 Å². The summed E-state index contributed by atoms with van der Waals surface area (Å²) in [7, 11) is 0. The van der Waals surface area contributed by atoms with Crippen molar-refractivity contribution in [1.29, 1.82) is 0 Å². The van der Waals surface area contributed by atoms with Gasteiger partial charge in [0.15, 0.2) is 6.73 Å². The van der Waals surface area contributed by atoms with Crippen molar-refractivity contribution >= 4 is 0 Å². The van der Waals surface area contributed by atoms with Crippen LogP contribution >= 0.6 is 0 Å². The van der Waals surface area contributed by atoms with Gasteiger partial charge in [-0.1, -0.05) is 24.3 Å². The Morgan fingerprint density at radius 3 is 2.58 bits per heavy atom. The van der Waals surface area contributed by atoms with E-state index in [1.54, 1.807) is 0 Å². The molecule has 0 N–H and O–H groups in total. The molecule has 2 nitrogen and oxygen atoms in total. The Morgan fingerprint density at radius 2 is 1.92 bits per heavy atom. The molecule has 64 valence electrons. The topological polar surface area (TPSA) is 15.5 Å². The van der Waals surface area contributed by atoms with Crippen LogP contribution in [-0.2, 0) is 4.84 Å². The van der Waals surface area contributed by atoms with E-state index in [1.165, 1.54) is 11.3 Å². The van der Waals surface area contributed by atoms with Crippen LogP contribution in [0.5, 0.6) is 0 Å². The summed E-state index contributed by atoms with van der Waals surface area (Å²) in [5.74, 6) is 0. The maximum absolute atomic E-state index is 5.11. The van der Waals surface area contributed by atoms with Gasteiger partial charge < -0.3 is 0 Å². The smallest absolute Gasteiger partial charge is 0.171 e. The standard InChI is InChI=1S/C10H13NO/c1-9-6-4-2-3-5-7-10(9)11-8-12-11/h2-3,6-7H,4-5,8H2,1H3/b3-2-,9-6-,10-7?. The average molecular weight is 163 g/mol. The van der Waals surface area contributed by atoms with Crippen LogP contribution in [0.15, 0.2) is 35.6 Å². The summed E-state index contributed by atoms with van der Waals surface area (Å²) in [6.07, 6.45) is 10.9. The summed E-state index contributed by atoms with van der Waals surface area (Å²) in [5, 5.41) is 1.92. The van der Waals surface area contributed by atoms with Crippen molar-refractivity contribution in [3.05, 3.63) is 35.6 Å². The Bertz CT molecular complexity index is 259. The molecule has 1 saturated heterocycles. The lowest BCUT2D eigenvalue weighted by Gasteiger charge is -2.07. The first-order valence-corrected chi connectivity index (χ1v) is 4.30. The van der Waals surface area contributed by atoms with Gasteiger partial charge in [0, 0.05) is 0 Å². The van der Waals surface area contributed by atoms with E-state index in [-0.39, 0.29) is 0 Å². The number of hydroxylamine groups is 2. The zero-order chi connectivity index (χ0) is 8.39. The molecule has 0 amide bonds. The van der Waals surface area contributed by atoms with Gasteiger partial charge in [0.05, 0.1) is 5.70 Å². The fourth-order valence-corrected chi connectivity index (χ4v) is 1.35. The van der Waals surface area contributed by atoms with Gasteiger partial charge in [0.2, 0.25) is 0 Å². The monoisotopic (exact) mass is 163 g/mol. The van der Waals surface area contributed by atoms with Crippen LogP contribution in [-0.4, -0.2) is 11.8 Å². The molecular weight excluding hydrogens is 150 g/mol. The van der Waals surface area contributed by atoms with Crippen molar-refractivity contribution in [3.63, 3.8) is 0 Å². The third-order valence-corrected chi connectivity index (χ3v) is 2.10. The molecule has 2 rings (SSSR count). The third-order valence-electron chi connectivity index (χ3n) is 2.10. The minimum atomic E-state index is 0.751. The van der Waals surface area contributed by atoms with Crippen molar-refractivity contribution in [3.8, 4) is 0 Å². The van der Waals surface area contributed by atoms with E-state index in [0.29, 0.717) is 0 Å². The molecule has 0 aromatic carbocycles. The summed E-state index contributed by atoms with van der Waals surface area (Å²) in [6, 6.07) is 0. The summed E-state index contributed by atoms with van der Waals surface area (Å²) < 4.78 is 0. The summed E-state index contributed by atoms with van der Waals surface area (Å²) in [4.78, 5) is 5.11. The van der Waals surface area contributed by atoms with Gasteiger partial charge in [-0.2, -0.15) is 0 Å². The van der Waals surface area contributed by atoms with Crippen LogP contribution in [0.3, 0.4) is 0 Å². The predicted octanol–water partition coefficient (Wildman–Crippen LogP) is 2.37. The van der Waals surface area contributed by atoms with E-state index in [2.05, 4.69) is 31.2 Å². The van der Waals surface area contributed by atoms with Crippen molar-refractivity contribution in [2.45, 2.75) is 19.8 Å². The molecule has 1 aliphatic carbocycles. The summed E-state index contributed by atoms with van der Waals surface area (Å²) in [6.45, 7) is 2.88. The Morgan fingerprint density at radius 1 is 1.25 bits per heavy atom. The number of rotatable bonds is 1. The van der Waals surface area contributed by atoms with Crippen LogP contribution in [0.4, 0.5) is 0 Å². The Balaban J connectivity index is 2.20. The second-order valence-corrected chi connectivity index (χ2v) is 3.06. The molecule has 0 bridgehead atoms. The fourth-order valence-electron chi connectivity index (χ4n) is 1.35. The highest BCUT2D eigenvalue weighted by Gasteiger charge is 2.23. The highest BCUT2D eigenvalue weighted by Crippen LogP contribution is 2.25. The number of hydrogen-bond donors (Lipinski definition) is 0. The molecule has 2 aliphatic rings. The average Bonchev–Trinajstić information content (AvgIpc) is 2.81. The van der Waals surface area contributed by atoms with E-state index in [9.17, 15) is 0 Å². The highest BCUT2D eigenvalue weighted by atomic mass is 16.8. The van der Waals surface area contributed by atoms with E-state index >= 15 is 0 Å². The molecule has 0 radical (unpaired) electrons. The second kappa shape index (κ2) is 3.15. The van der Waals surface area contributed by atoms with Gasteiger partial charge in [-0.15, -0.1) is 0 Å². The molecular formula is C10H13NO. The van der Waals surface area contributed by atoms with Gasteiger partial charge in [0.25, 0.3) is 0 Å². The third kappa shape index (κ3) is 1.59. The van der Waals surface area contributed by atoms with Gasteiger partial charge in [-0.25, -0.2) is 9.90 Å². The molecule has 1 heterocycles. The zero-order valence-electron chi connectivity index (χ0n) is 7.29. The van der Waals surface area contributed by atoms with Gasteiger partial charge in [-0.05, 0) is 25.3 Å². The highest BCUT2D eigenvalue weighted by molar-refractivity contribution is 5.30. The lowest BCUT2D eigenvalue weighted by Crippen LogP contribution is -1.98. The molecule has 1 aliphatic heterocycles. The van der Waals surface area contributed by atoms with Crippen molar-refractivity contribution in [1.82, 2.24) is 5.06 Å².